The molecule has 0 radical (unpaired) electrons. The lowest BCUT2D eigenvalue weighted by molar-refractivity contribution is 0.101. The summed E-state index contributed by atoms with van der Waals surface area (Å²) in [6, 6.07) is 11.6. The van der Waals surface area contributed by atoms with Gasteiger partial charge in [0.25, 0.3) is 5.91 Å². The van der Waals surface area contributed by atoms with E-state index >= 15 is 0 Å². The highest BCUT2D eigenvalue weighted by Gasteiger charge is 2.16. The van der Waals surface area contributed by atoms with Gasteiger partial charge in [0, 0.05) is 28.2 Å². The lowest BCUT2D eigenvalue weighted by atomic mass is 10.2. The van der Waals surface area contributed by atoms with Gasteiger partial charge >= 0.3 is 0 Å². The minimum atomic E-state index is -0.616. The number of amides is 1. The molecule has 1 N–H and O–H groups in total. The molecule has 0 bridgehead atoms. The molecule has 0 spiro atoms. The number of nitrogens with zero attached hydrogens (tertiary/aromatic N) is 2. The topological polar surface area (TPSA) is 64.0 Å². The lowest BCUT2D eigenvalue weighted by Gasteiger charge is -2.09. The summed E-state index contributed by atoms with van der Waals surface area (Å²) in [6.45, 7) is 0. The van der Waals surface area contributed by atoms with Crippen molar-refractivity contribution in [1.82, 2.24) is 9.78 Å². The molecule has 1 heterocycles. The maximum absolute atomic E-state index is 12.5. The van der Waals surface area contributed by atoms with E-state index in [0.29, 0.717) is 26.6 Å². The van der Waals surface area contributed by atoms with Crippen LogP contribution < -0.4 is 10.7 Å². The molecule has 0 aliphatic heterocycles. The van der Waals surface area contributed by atoms with Gasteiger partial charge in [0.2, 0.25) is 5.43 Å². The molecular weight excluding hydrogens is 337 g/mol. The molecule has 2 aromatic carbocycles. The Kier molecular flexibility index (Phi) is 4.07. The highest BCUT2D eigenvalue weighted by Crippen LogP contribution is 2.22. The van der Waals surface area contributed by atoms with Crippen LogP contribution >= 0.6 is 23.2 Å². The molecular formula is C16H11Cl2N3O2. The fraction of sp³-hybridized carbons (Fsp3) is 0.0625. The SMILES string of the molecule is Cn1nc(C(=O)Nc2cc(Cl)cc(Cl)c2)c(=O)c2ccccc21. The summed E-state index contributed by atoms with van der Waals surface area (Å²) < 4.78 is 1.50. The second-order valence-corrected chi connectivity index (χ2v) is 5.80. The molecule has 1 amide bonds. The van der Waals surface area contributed by atoms with Crippen molar-refractivity contribution >= 4 is 45.7 Å². The molecule has 0 fully saturated rings. The maximum Gasteiger partial charge on any atom is 0.280 e. The predicted octanol–water partition coefficient (Wildman–Crippen LogP) is 3.49. The first-order chi connectivity index (χ1) is 11.0. The number of hydrogen-bond acceptors (Lipinski definition) is 3. The number of halogens is 2. The molecule has 3 aromatic rings. The Morgan fingerprint density at radius 1 is 1.13 bits per heavy atom. The zero-order valence-electron chi connectivity index (χ0n) is 12.0. The molecule has 1 aromatic heterocycles. The summed E-state index contributed by atoms with van der Waals surface area (Å²) in [5, 5.41) is 7.85. The summed E-state index contributed by atoms with van der Waals surface area (Å²) in [4.78, 5) is 24.8. The predicted molar refractivity (Wildman–Crippen MR) is 91.4 cm³/mol. The molecule has 0 saturated heterocycles. The van der Waals surface area contributed by atoms with E-state index in [-0.39, 0.29) is 5.69 Å². The quantitative estimate of drug-likeness (QED) is 0.771. The van der Waals surface area contributed by atoms with E-state index in [2.05, 4.69) is 10.4 Å². The molecule has 116 valence electrons. The molecule has 0 atom stereocenters. The van der Waals surface area contributed by atoms with Crippen LogP contribution in [0, 0.1) is 0 Å². The van der Waals surface area contributed by atoms with E-state index in [1.807, 2.05) is 0 Å². The summed E-state index contributed by atoms with van der Waals surface area (Å²) >= 11 is 11.8. The summed E-state index contributed by atoms with van der Waals surface area (Å²) in [6.07, 6.45) is 0. The number of nitrogens with one attached hydrogen (secondary N) is 1. The average Bonchev–Trinajstić information content (AvgIpc) is 2.50. The Hall–Kier alpha value is -2.37. The van der Waals surface area contributed by atoms with Gasteiger partial charge in [0.15, 0.2) is 5.69 Å². The minimum absolute atomic E-state index is 0.192. The standard InChI is InChI=1S/C16H11Cl2N3O2/c1-21-13-5-3-2-4-12(13)15(22)14(20-21)16(23)19-11-7-9(17)6-10(18)8-11/h2-8H,1H3,(H,19,23). The van der Waals surface area contributed by atoms with Gasteiger partial charge in [0.05, 0.1) is 5.52 Å². The van der Waals surface area contributed by atoms with Crippen LogP contribution in [0.15, 0.2) is 47.3 Å². The average molecular weight is 348 g/mol. The summed E-state index contributed by atoms with van der Waals surface area (Å²) in [7, 11) is 1.68. The van der Waals surface area contributed by atoms with Gasteiger partial charge in [-0.2, -0.15) is 5.10 Å². The van der Waals surface area contributed by atoms with Crippen molar-refractivity contribution in [3.05, 3.63) is 68.4 Å². The molecule has 7 heteroatoms. The smallest absolute Gasteiger partial charge is 0.280 e. The number of aromatic nitrogens is 2. The Labute approximate surface area is 141 Å². The van der Waals surface area contributed by atoms with Gasteiger partial charge in [-0.25, -0.2) is 0 Å². The van der Waals surface area contributed by atoms with E-state index in [9.17, 15) is 9.59 Å². The molecule has 0 aliphatic carbocycles. The zero-order chi connectivity index (χ0) is 16.6. The second-order valence-electron chi connectivity index (χ2n) is 4.93. The van der Waals surface area contributed by atoms with Crippen LogP contribution in [0.3, 0.4) is 0 Å². The third-order valence-corrected chi connectivity index (χ3v) is 3.73. The van der Waals surface area contributed by atoms with Crippen molar-refractivity contribution in [2.24, 2.45) is 7.05 Å². The number of para-hydroxylation sites is 1. The lowest BCUT2D eigenvalue weighted by Crippen LogP contribution is -2.26. The zero-order valence-corrected chi connectivity index (χ0v) is 13.5. The fourth-order valence-electron chi connectivity index (χ4n) is 2.29. The second kappa shape index (κ2) is 6.02. The molecule has 3 rings (SSSR count). The molecule has 0 saturated carbocycles. The summed E-state index contributed by atoms with van der Waals surface area (Å²) in [5.74, 6) is -0.616. The van der Waals surface area contributed by atoms with E-state index in [1.165, 1.54) is 16.8 Å². The van der Waals surface area contributed by atoms with Crippen LogP contribution in [0.5, 0.6) is 0 Å². The highest BCUT2D eigenvalue weighted by atomic mass is 35.5. The van der Waals surface area contributed by atoms with Crippen LogP contribution in [0.25, 0.3) is 10.9 Å². The van der Waals surface area contributed by atoms with Crippen LogP contribution in [-0.2, 0) is 7.05 Å². The third kappa shape index (κ3) is 3.06. The minimum Gasteiger partial charge on any atom is -0.320 e. The van der Waals surface area contributed by atoms with Crippen molar-refractivity contribution in [2.45, 2.75) is 0 Å². The van der Waals surface area contributed by atoms with Gasteiger partial charge < -0.3 is 5.32 Å². The molecule has 23 heavy (non-hydrogen) atoms. The van der Waals surface area contributed by atoms with Gasteiger partial charge in [-0.15, -0.1) is 0 Å². The van der Waals surface area contributed by atoms with E-state index in [1.54, 1.807) is 37.4 Å². The van der Waals surface area contributed by atoms with Gasteiger partial charge in [0.1, 0.15) is 0 Å². The van der Waals surface area contributed by atoms with Crippen molar-refractivity contribution < 1.29 is 4.79 Å². The number of anilines is 1. The van der Waals surface area contributed by atoms with Gasteiger partial charge in [-0.3, -0.25) is 14.3 Å². The number of hydrogen-bond donors (Lipinski definition) is 1. The van der Waals surface area contributed by atoms with Crippen LogP contribution in [0.1, 0.15) is 10.5 Å². The molecule has 5 nitrogen and oxygen atoms in total. The number of rotatable bonds is 2. The van der Waals surface area contributed by atoms with Crippen LogP contribution in [0.2, 0.25) is 10.0 Å². The Balaban J connectivity index is 2.04. The third-order valence-electron chi connectivity index (χ3n) is 3.30. The Morgan fingerprint density at radius 3 is 2.48 bits per heavy atom. The normalized spacial score (nSPS) is 10.7. The van der Waals surface area contributed by atoms with E-state index < -0.39 is 11.3 Å². The first-order valence-electron chi connectivity index (χ1n) is 6.69. The highest BCUT2D eigenvalue weighted by molar-refractivity contribution is 6.35. The fourth-order valence-corrected chi connectivity index (χ4v) is 2.82. The Morgan fingerprint density at radius 2 is 1.78 bits per heavy atom. The van der Waals surface area contributed by atoms with Gasteiger partial charge in [-0.05, 0) is 30.3 Å². The van der Waals surface area contributed by atoms with E-state index in [0.717, 1.165) is 0 Å². The van der Waals surface area contributed by atoms with Crippen LogP contribution in [0.4, 0.5) is 5.69 Å². The first kappa shape index (κ1) is 15.5. The number of aryl methyl sites for hydroxylation is 1. The molecule has 0 unspecified atom stereocenters. The number of benzene rings is 2. The van der Waals surface area contributed by atoms with Crippen molar-refractivity contribution in [3.63, 3.8) is 0 Å². The van der Waals surface area contributed by atoms with Crippen molar-refractivity contribution in [2.75, 3.05) is 5.32 Å². The largest absolute Gasteiger partial charge is 0.320 e. The maximum atomic E-state index is 12.5. The number of fused-ring (bicyclic) bond motifs is 1. The monoisotopic (exact) mass is 347 g/mol. The van der Waals surface area contributed by atoms with Crippen LogP contribution in [-0.4, -0.2) is 15.7 Å². The van der Waals surface area contributed by atoms with Gasteiger partial charge in [-0.1, -0.05) is 35.3 Å². The van der Waals surface area contributed by atoms with E-state index in [4.69, 9.17) is 23.2 Å². The summed E-state index contributed by atoms with van der Waals surface area (Å²) in [5.41, 5.74) is 0.427. The molecule has 0 aliphatic rings. The van der Waals surface area contributed by atoms with Crippen molar-refractivity contribution in [3.8, 4) is 0 Å². The number of carbonyl (C=O) groups excluding carboxylic acids is 1. The number of carbonyl (C=O) groups is 1. The van der Waals surface area contributed by atoms with Crippen molar-refractivity contribution in [1.29, 1.82) is 0 Å². The Bertz CT molecular complexity index is 962. The first-order valence-corrected chi connectivity index (χ1v) is 7.45.